The SMILES string of the molecule is COC(=O)C[C@H]1Cc2ccccc2CN1C(=O)[C@H]1CCCN1C(=O)[C@H]1Cc2ccccc2N1C(=O)OC(C)(C)C. The molecule has 2 aromatic carbocycles. The lowest BCUT2D eigenvalue weighted by Crippen LogP contribution is -2.57. The molecule has 40 heavy (non-hydrogen) atoms. The Morgan fingerprint density at radius 1 is 0.850 bits per heavy atom. The number of ether oxygens (including phenoxy) is 2. The first-order chi connectivity index (χ1) is 19.1. The van der Waals surface area contributed by atoms with Gasteiger partial charge in [-0.3, -0.25) is 19.3 Å². The Balaban J connectivity index is 1.40. The number of esters is 1. The highest BCUT2D eigenvalue weighted by atomic mass is 16.6. The van der Waals surface area contributed by atoms with Gasteiger partial charge < -0.3 is 19.3 Å². The number of hydrogen-bond acceptors (Lipinski definition) is 6. The second-order valence-electron chi connectivity index (χ2n) is 11.8. The van der Waals surface area contributed by atoms with Gasteiger partial charge in [0.05, 0.1) is 19.2 Å². The molecule has 3 aliphatic heterocycles. The maximum absolute atomic E-state index is 14.1. The van der Waals surface area contributed by atoms with Gasteiger partial charge in [0.1, 0.15) is 17.7 Å². The van der Waals surface area contributed by atoms with Crippen molar-refractivity contribution in [2.75, 3.05) is 18.6 Å². The van der Waals surface area contributed by atoms with Gasteiger partial charge in [-0.1, -0.05) is 42.5 Å². The van der Waals surface area contributed by atoms with Crippen molar-refractivity contribution in [3.05, 3.63) is 65.2 Å². The molecular weight excluding hydrogens is 510 g/mol. The zero-order valence-electron chi connectivity index (χ0n) is 23.6. The van der Waals surface area contributed by atoms with E-state index in [-0.39, 0.29) is 30.2 Å². The monoisotopic (exact) mass is 547 g/mol. The van der Waals surface area contributed by atoms with Crippen LogP contribution >= 0.6 is 0 Å². The van der Waals surface area contributed by atoms with Crippen LogP contribution in [-0.4, -0.2) is 71.1 Å². The van der Waals surface area contributed by atoms with Crippen molar-refractivity contribution in [2.24, 2.45) is 0 Å². The molecule has 212 valence electrons. The van der Waals surface area contributed by atoms with E-state index in [1.165, 1.54) is 12.0 Å². The third kappa shape index (κ3) is 5.42. The van der Waals surface area contributed by atoms with Crippen molar-refractivity contribution in [1.82, 2.24) is 9.80 Å². The van der Waals surface area contributed by atoms with Gasteiger partial charge in [-0.2, -0.15) is 0 Å². The molecule has 0 bridgehead atoms. The van der Waals surface area contributed by atoms with E-state index in [9.17, 15) is 19.2 Å². The molecule has 9 nitrogen and oxygen atoms in total. The molecule has 3 aliphatic rings. The number of hydrogen-bond donors (Lipinski definition) is 0. The number of benzene rings is 2. The van der Waals surface area contributed by atoms with Crippen LogP contribution < -0.4 is 4.90 Å². The Hall–Kier alpha value is -3.88. The van der Waals surface area contributed by atoms with E-state index in [4.69, 9.17) is 9.47 Å². The first-order valence-electron chi connectivity index (χ1n) is 13.9. The highest BCUT2D eigenvalue weighted by Gasteiger charge is 2.47. The fourth-order valence-electron chi connectivity index (χ4n) is 6.09. The highest BCUT2D eigenvalue weighted by molar-refractivity contribution is 6.02. The molecule has 1 saturated heterocycles. The van der Waals surface area contributed by atoms with Gasteiger partial charge in [0.15, 0.2) is 0 Å². The molecule has 0 spiro atoms. The average Bonchev–Trinajstić information content (AvgIpc) is 3.56. The fourth-order valence-corrected chi connectivity index (χ4v) is 6.09. The number of likely N-dealkylation sites (tertiary alicyclic amines) is 1. The molecule has 3 atom stereocenters. The summed E-state index contributed by atoms with van der Waals surface area (Å²) in [6, 6.07) is 13.5. The van der Waals surface area contributed by atoms with Crippen LogP contribution in [0, 0.1) is 0 Å². The van der Waals surface area contributed by atoms with Crippen molar-refractivity contribution in [1.29, 1.82) is 0 Å². The van der Waals surface area contributed by atoms with E-state index in [1.54, 1.807) is 30.6 Å². The summed E-state index contributed by atoms with van der Waals surface area (Å²) < 4.78 is 10.6. The fraction of sp³-hybridized carbons (Fsp3) is 0.484. The van der Waals surface area contributed by atoms with Gasteiger partial charge in [-0.05, 0) is 62.8 Å². The maximum Gasteiger partial charge on any atom is 0.415 e. The third-order valence-electron chi connectivity index (χ3n) is 7.94. The molecule has 0 unspecified atom stereocenters. The van der Waals surface area contributed by atoms with Crippen LogP contribution in [0.4, 0.5) is 10.5 Å². The summed E-state index contributed by atoms with van der Waals surface area (Å²) >= 11 is 0. The average molecular weight is 548 g/mol. The summed E-state index contributed by atoms with van der Waals surface area (Å²) in [6.07, 6.45) is 1.61. The van der Waals surface area contributed by atoms with Gasteiger partial charge in [0.25, 0.3) is 0 Å². The molecule has 1 fully saturated rings. The molecule has 9 heteroatoms. The molecule has 3 amide bonds. The number of methoxy groups -OCH3 is 1. The summed E-state index contributed by atoms with van der Waals surface area (Å²) in [7, 11) is 1.35. The molecule has 5 rings (SSSR count). The van der Waals surface area contributed by atoms with E-state index < -0.39 is 23.8 Å². The lowest BCUT2D eigenvalue weighted by Gasteiger charge is -2.40. The largest absolute Gasteiger partial charge is 0.469 e. The summed E-state index contributed by atoms with van der Waals surface area (Å²) in [4.78, 5) is 58.6. The van der Waals surface area contributed by atoms with Crippen LogP contribution in [-0.2, 0) is 43.2 Å². The minimum absolute atomic E-state index is 0.0849. The van der Waals surface area contributed by atoms with Gasteiger partial charge in [-0.25, -0.2) is 4.79 Å². The molecular formula is C31H37N3O6. The molecule has 0 saturated carbocycles. The molecule has 3 heterocycles. The van der Waals surface area contributed by atoms with Crippen LogP contribution in [0.2, 0.25) is 0 Å². The Morgan fingerprint density at radius 2 is 1.50 bits per heavy atom. The normalized spacial score (nSPS) is 22.0. The van der Waals surface area contributed by atoms with Gasteiger partial charge >= 0.3 is 12.1 Å². The van der Waals surface area contributed by atoms with E-state index in [0.29, 0.717) is 44.5 Å². The van der Waals surface area contributed by atoms with Crippen LogP contribution in [0.5, 0.6) is 0 Å². The number of anilines is 1. The Kier molecular flexibility index (Phi) is 7.57. The van der Waals surface area contributed by atoms with Crippen LogP contribution in [0.1, 0.15) is 56.7 Å². The smallest absolute Gasteiger partial charge is 0.415 e. The van der Waals surface area contributed by atoms with Crippen molar-refractivity contribution in [3.8, 4) is 0 Å². The number of carbonyl (C=O) groups excluding carboxylic acids is 4. The number of para-hydroxylation sites is 1. The summed E-state index contributed by atoms with van der Waals surface area (Å²) in [5.41, 5.74) is 2.96. The van der Waals surface area contributed by atoms with E-state index >= 15 is 0 Å². The van der Waals surface area contributed by atoms with Gasteiger partial charge in [0, 0.05) is 25.6 Å². The van der Waals surface area contributed by atoms with E-state index in [1.807, 2.05) is 48.5 Å². The first kappa shape index (κ1) is 27.7. The van der Waals surface area contributed by atoms with Crippen molar-refractivity contribution >= 4 is 29.6 Å². The molecule has 0 N–H and O–H groups in total. The molecule has 0 aliphatic carbocycles. The van der Waals surface area contributed by atoms with Gasteiger partial charge in [0.2, 0.25) is 11.8 Å². The van der Waals surface area contributed by atoms with Crippen molar-refractivity contribution < 1.29 is 28.7 Å². The number of nitrogens with zero attached hydrogens (tertiary/aromatic N) is 3. The van der Waals surface area contributed by atoms with Gasteiger partial charge in [-0.15, -0.1) is 0 Å². The predicted octanol–water partition coefficient (Wildman–Crippen LogP) is 3.86. The topological polar surface area (TPSA) is 96.5 Å². The van der Waals surface area contributed by atoms with Crippen LogP contribution in [0.3, 0.4) is 0 Å². The quantitative estimate of drug-likeness (QED) is 0.540. The number of fused-ring (bicyclic) bond motifs is 2. The molecule has 0 radical (unpaired) electrons. The summed E-state index contributed by atoms with van der Waals surface area (Å²) in [6.45, 7) is 6.17. The van der Waals surface area contributed by atoms with Crippen LogP contribution in [0.15, 0.2) is 48.5 Å². The summed E-state index contributed by atoms with van der Waals surface area (Å²) in [5.74, 6) is -0.813. The summed E-state index contributed by atoms with van der Waals surface area (Å²) in [5, 5.41) is 0. The highest BCUT2D eigenvalue weighted by Crippen LogP contribution is 2.36. The maximum atomic E-state index is 14.1. The lowest BCUT2D eigenvalue weighted by atomic mass is 9.91. The lowest BCUT2D eigenvalue weighted by molar-refractivity contribution is -0.149. The molecule has 0 aromatic heterocycles. The number of amides is 3. The second kappa shape index (κ2) is 10.9. The van der Waals surface area contributed by atoms with Crippen molar-refractivity contribution in [3.63, 3.8) is 0 Å². The standard InChI is InChI=1S/C31H37N3O6/c1-31(2,3)40-30(38)34-24-13-8-7-11-21(24)17-26(34)29(37)32-15-9-14-25(32)28(36)33-19-22-12-6-5-10-20(22)16-23(33)18-27(35)39-4/h5-8,10-13,23,25-26H,9,14-19H2,1-4H3/t23-,25-,26-/m1/s1. The van der Waals surface area contributed by atoms with Crippen LogP contribution in [0.25, 0.3) is 0 Å². The Bertz CT molecular complexity index is 1320. The number of rotatable bonds is 4. The van der Waals surface area contributed by atoms with Crippen molar-refractivity contribution in [2.45, 2.75) is 83.1 Å². The zero-order chi connectivity index (χ0) is 28.6. The molecule has 2 aromatic rings. The Labute approximate surface area is 235 Å². The second-order valence-corrected chi connectivity index (χ2v) is 11.8. The zero-order valence-corrected chi connectivity index (χ0v) is 23.6. The number of carbonyl (C=O) groups is 4. The van der Waals surface area contributed by atoms with E-state index in [0.717, 1.165) is 16.7 Å². The minimum atomic E-state index is -0.798. The minimum Gasteiger partial charge on any atom is -0.469 e. The first-order valence-corrected chi connectivity index (χ1v) is 13.9. The third-order valence-corrected chi connectivity index (χ3v) is 7.94. The predicted molar refractivity (Wildman–Crippen MR) is 148 cm³/mol. The van der Waals surface area contributed by atoms with E-state index in [2.05, 4.69) is 0 Å². The Morgan fingerprint density at radius 3 is 2.20 bits per heavy atom.